The van der Waals surface area contributed by atoms with Crippen molar-refractivity contribution in [3.63, 3.8) is 0 Å². The maximum Gasteiger partial charge on any atom is 0.226 e. The van der Waals surface area contributed by atoms with Crippen LogP contribution in [0.15, 0.2) is 18.2 Å². The molecular weight excluding hydrogens is 393 g/mol. The second-order valence-corrected chi connectivity index (χ2v) is 8.77. The summed E-state index contributed by atoms with van der Waals surface area (Å²) in [6, 6.07) is 5.04. The van der Waals surface area contributed by atoms with Crippen LogP contribution in [0, 0.1) is 30.0 Å². The predicted octanol–water partition coefficient (Wildman–Crippen LogP) is 2.80. The van der Waals surface area contributed by atoms with Crippen LogP contribution in [0.5, 0.6) is 0 Å². The van der Waals surface area contributed by atoms with E-state index in [0.29, 0.717) is 43.9 Å². The number of carbonyl (C=O) groups is 2. The second kappa shape index (κ2) is 9.00. The van der Waals surface area contributed by atoms with Gasteiger partial charge in [-0.05, 0) is 74.7 Å². The lowest BCUT2D eigenvalue weighted by molar-refractivity contribution is -0.137. The molecule has 29 heavy (non-hydrogen) atoms. The van der Waals surface area contributed by atoms with E-state index < -0.39 is 0 Å². The van der Waals surface area contributed by atoms with Crippen LogP contribution in [0.4, 0.5) is 4.39 Å². The van der Waals surface area contributed by atoms with Crippen LogP contribution in [0.3, 0.4) is 0 Å². The number of carbonyl (C=O) groups excluding carboxylic acids is 2. The molecule has 0 aromatic heterocycles. The third-order valence-corrected chi connectivity index (χ3v) is 6.97. The van der Waals surface area contributed by atoms with Crippen molar-refractivity contribution in [3.05, 3.63) is 35.1 Å². The van der Waals surface area contributed by atoms with Gasteiger partial charge < -0.3 is 15.5 Å². The smallest absolute Gasteiger partial charge is 0.226 e. The number of nitrogens with one attached hydrogen (secondary N) is 2. The summed E-state index contributed by atoms with van der Waals surface area (Å²) in [6.45, 7) is 5.45. The monoisotopic (exact) mass is 423 g/mol. The van der Waals surface area contributed by atoms with Gasteiger partial charge in [0.15, 0.2) is 0 Å². The zero-order valence-corrected chi connectivity index (χ0v) is 17.8. The van der Waals surface area contributed by atoms with Gasteiger partial charge in [-0.2, -0.15) is 0 Å². The molecule has 160 valence electrons. The fraction of sp³-hybridized carbons (Fsp3) is 0.636. The lowest BCUT2D eigenvalue weighted by Gasteiger charge is -2.32. The highest BCUT2D eigenvalue weighted by atomic mass is 35.5. The Hall–Kier alpha value is -1.66. The van der Waals surface area contributed by atoms with Crippen LogP contribution in [0.1, 0.15) is 43.2 Å². The summed E-state index contributed by atoms with van der Waals surface area (Å²) in [6.07, 6.45) is 4.69. The molecule has 1 spiro atoms. The molecule has 1 aliphatic carbocycles. The minimum atomic E-state index is -0.245. The van der Waals surface area contributed by atoms with Crippen molar-refractivity contribution in [1.29, 1.82) is 0 Å². The Morgan fingerprint density at radius 2 is 1.93 bits per heavy atom. The number of amides is 2. The van der Waals surface area contributed by atoms with E-state index in [9.17, 15) is 14.0 Å². The van der Waals surface area contributed by atoms with Crippen LogP contribution in [0.2, 0.25) is 0 Å². The zero-order chi connectivity index (χ0) is 19.7. The third kappa shape index (κ3) is 4.75. The number of halogens is 2. The molecule has 1 unspecified atom stereocenters. The molecule has 7 heteroatoms. The van der Waals surface area contributed by atoms with Crippen molar-refractivity contribution >= 4 is 24.2 Å². The van der Waals surface area contributed by atoms with Crippen LogP contribution in [0.25, 0.3) is 0 Å². The number of likely N-dealkylation sites (tertiary alicyclic amines) is 1. The molecule has 5 nitrogen and oxygen atoms in total. The van der Waals surface area contributed by atoms with Crippen molar-refractivity contribution in [2.24, 2.45) is 17.3 Å². The molecule has 2 amide bonds. The quantitative estimate of drug-likeness (QED) is 0.782. The minimum Gasteiger partial charge on any atom is -0.352 e. The zero-order valence-electron chi connectivity index (χ0n) is 17.0. The van der Waals surface area contributed by atoms with Crippen molar-refractivity contribution in [1.82, 2.24) is 15.5 Å². The SMILES string of the molecule is Cc1ccc(CNC(=O)C2CCN(C(=O)C3CC34CCNCC4)CC2)cc1F.Cl. The first-order valence-corrected chi connectivity index (χ1v) is 10.5. The van der Waals surface area contributed by atoms with Gasteiger partial charge in [-0.3, -0.25) is 9.59 Å². The lowest BCUT2D eigenvalue weighted by atomic mass is 9.90. The first kappa shape index (κ1) is 22.0. The second-order valence-electron chi connectivity index (χ2n) is 8.77. The normalized spacial score (nSPS) is 23.4. The highest BCUT2D eigenvalue weighted by Crippen LogP contribution is 2.59. The molecule has 2 N–H and O–H groups in total. The molecule has 2 aliphatic heterocycles. The van der Waals surface area contributed by atoms with Gasteiger partial charge in [-0.15, -0.1) is 12.4 Å². The van der Waals surface area contributed by atoms with E-state index in [4.69, 9.17) is 0 Å². The number of hydrogen-bond donors (Lipinski definition) is 2. The van der Waals surface area contributed by atoms with E-state index in [1.54, 1.807) is 13.0 Å². The highest BCUT2D eigenvalue weighted by molar-refractivity contribution is 5.85. The Morgan fingerprint density at radius 1 is 1.24 bits per heavy atom. The van der Waals surface area contributed by atoms with Crippen molar-refractivity contribution < 1.29 is 14.0 Å². The highest BCUT2D eigenvalue weighted by Gasteiger charge is 2.58. The van der Waals surface area contributed by atoms with E-state index in [1.807, 2.05) is 11.0 Å². The molecule has 2 saturated heterocycles. The van der Waals surface area contributed by atoms with Crippen molar-refractivity contribution in [3.8, 4) is 0 Å². The van der Waals surface area contributed by atoms with Crippen molar-refractivity contribution in [2.75, 3.05) is 26.2 Å². The maximum atomic E-state index is 13.6. The van der Waals surface area contributed by atoms with Gasteiger partial charge in [0.2, 0.25) is 11.8 Å². The number of nitrogens with zero attached hydrogens (tertiary/aromatic N) is 1. The number of piperidine rings is 2. The summed E-state index contributed by atoms with van der Waals surface area (Å²) in [5, 5.41) is 6.30. The van der Waals surface area contributed by atoms with Crippen molar-refractivity contribution in [2.45, 2.75) is 45.6 Å². The topological polar surface area (TPSA) is 61.4 Å². The Labute approximate surface area is 178 Å². The molecule has 2 heterocycles. The molecule has 1 aromatic rings. The molecule has 3 fully saturated rings. The number of benzene rings is 1. The Balaban J connectivity index is 0.00000240. The molecule has 1 atom stereocenters. The van der Waals surface area contributed by atoms with Crippen LogP contribution in [-0.4, -0.2) is 42.9 Å². The number of hydrogen-bond acceptors (Lipinski definition) is 3. The van der Waals surface area contributed by atoms with Crippen LogP contribution >= 0.6 is 12.4 Å². The fourth-order valence-corrected chi connectivity index (χ4v) is 4.84. The summed E-state index contributed by atoms with van der Waals surface area (Å²) in [7, 11) is 0. The standard InChI is InChI=1S/C22H30FN3O2.ClH/c1-15-2-3-16(12-19(15)23)14-25-20(27)17-4-10-26(11-5-17)21(28)18-13-22(18)6-8-24-9-7-22;/h2-3,12,17-18,24H,4-11,13-14H2,1H3,(H,25,27);1H. The van der Waals surface area contributed by atoms with Crippen LogP contribution < -0.4 is 10.6 Å². The van der Waals surface area contributed by atoms with E-state index in [0.717, 1.165) is 37.9 Å². The lowest BCUT2D eigenvalue weighted by Crippen LogP contribution is -2.44. The van der Waals surface area contributed by atoms with Gasteiger partial charge >= 0.3 is 0 Å². The molecule has 0 bridgehead atoms. The summed E-state index contributed by atoms with van der Waals surface area (Å²) in [5.74, 6) is 0.207. The van der Waals surface area contributed by atoms with E-state index in [1.165, 1.54) is 6.07 Å². The Kier molecular flexibility index (Phi) is 6.84. The average Bonchev–Trinajstić information content (AvgIpc) is 3.41. The molecule has 3 aliphatic rings. The minimum absolute atomic E-state index is 0. The van der Waals surface area contributed by atoms with Gasteiger partial charge in [-0.25, -0.2) is 4.39 Å². The number of aryl methyl sites for hydroxylation is 1. The van der Waals surface area contributed by atoms with Gasteiger partial charge in [0.1, 0.15) is 5.82 Å². The van der Waals surface area contributed by atoms with E-state index in [-0.39, 0.29) is 41.4 Å². The largest absolute Gasteiger partial charge is 0.352 e. The number of rotatable bonds is 4. The fourth-order valence-electron chi connectivity index (χ4n) is 4.84. The first-order valence-electron chi connectivity index (χ1n) is 10.5. The molecule has 0 radical (unpaired) electrons. The van der Waals surface area contributed by atoms with Gasteiger partial charge in [0, 0.05) is 31.5 Å². The molecule has 1 saturated carbocycles. The molecular formula is C22H31ClFN3O2. The predicted molar refractivity (Wildman–Crippen MR) is 112 cm³/mol. The van der Waals surface area contributed by atoms with Crippen LogP contribution in [-0.2, 0) is 16.1 Å². The molecule has 1 aromatic carbocycles. The van der Waals surface area contributed by atoms with Gasteiger partial charge in [0.05, 0.1) is 0 Å². The summed E-state index contributed by atoms with van der Waals surface area (Å²) in [4.78, 5) is 27.3. The Morgan fingerprint density at radius 3 is 2.59 bits per heavy atom. The van der Waals surface area contributed by atoms with Gasteiger partial charge in [0.25, 0.3) is 0 Å². The summed E-state index contributed by atoms with van der Waals surface area (Å²) in [5.41, 5.74) is 1.64. The maximum absolute atomic E-state index is 13.6. The molecule has 4 rings (SSSR count). The van der Waals surface area contributed by atoms with E-state index in [2.05, 4.69) is 10.6 Å². The Bertz CT molecular complexity index is 758. The van der Waals surface area contributed by atoms with Gasteiger partial charge in [-0.1, -0.05) is 12.1 Å². The third-order valence-electron chi connectivity index (χ3n) is 6.97. The summed E-state index contributed by atoms with van der Waals surface area (Å²) < 4.78 is 13.6. The average molecular weight is 424 g/mol. The summed E-state index contributed by atoms with van der Waals surface area (Å²) >= 11 is 0. The first-order chi connectivity index (χ1) is 13.5. The van der Waals surface area contributed by atoms with E-state index >= 15 is 0 Å².